The summed E-state index contributed by atoms with van der Waals surface area (Å²) in [6.07, 6.45) is 2.85. The topological polar surface area (TPSA) is 15.3 Å². The molecule has 0 aliphatic heterocycles. The van der Waals surface area contributed by atoms with Gasteiger partial charge in [0.05, 0.1) is 0 Å². The third-order valence-corrected chi connectivity index (χ3v) is 4.50. The molecule has 112 valence electrons. The maximum atomic E-state index is 3.52. The fourth-order valence-electron chi connectivity index (χ4n) is 2.84. The van der Waals surface area contributed by atoms with Crippen LogP contribution in [0.15, 0.2) is 18.2 Å². The molecule has 1 aromatic rings. The third-order valence-electron chi connectivity index (χ3n) is 4.50. The van der Waals surface area contributed by atoms with Crippen molar-refractivity contribution < 1.29 is 0 Å². The van der Waals surface area contributed by atoms with Crippen molar-refractivity contribution in [3.8, 4) is 0 Å². The largest absolute Gasteiger partial charge is 0.312 e. The first-order valence-electron chi connectivity index (χ1n) is 7.99. The minimum absolute atomic E-state index is 0.427. The van der Waals surface area contributed by atoms with Crippen LogP contribution >= 0.6 is 0 Å². The lowest BCUT2D eigenvalue weighted by molar-refractivity contribution is 0.192. The molecule has 2 heteroatoms. The summed E-state index contributed by atoms with van der Waals surface area (Å²) in [6, 6.07) is 7.84. The van der Waals surface area contributed by atoms with E-state index in [4.69, 9.17) is 0 Å². The standard InChI is InChI=1S/C18H30N2/c1-13(2)20(11-16-8-9-16)12-18(19-5)17-10-14(3)6-7-15(17)4/h6-7,10,13,16,18-19H,8-9,11-12H2,1-5H3. The molecule has 0 saturated heterocycles. The zero-order chi connectivity index (χ0) is 14.7. The van der Waals surface area contributed by atoms with Gasteiger partial charge in [-0.3, -0.25) is 4.90 Å². The van der Waals surface area contributed by atoms with E-state index in [1.165, 1.54) is 36.1 Å². The molecule has 1 aliphatic rings. The van der Waals surface area contributed by atoms with Crippen LogP contribution in [0.4, 0.5) is 0 Å². The molecule has 0 amide bonds. The third kappa shape index (κ3) is 4.07. The molecule has 1 unspecified atom stereocenters. The second-order valence-electron chi connectivity index (χ2n) is 6.69. The van der Waals surface area contributed by atoms with Crippen LogP contribution in [-0.4, -0.2) is 31.1 Å². The van der Waals surface area contributed by atoms with Crippen LogP contribution in [0.2, 0.25) is 0 Å². The van der Waals surface area contributed by atoms with E-state index in [1.54, 1.807) is 0 Å². The Bertz CT molecular complexity index is 435. The first-order chi connectivity index (χ1) is 9.51. The van der Waals surface area contributed by atoms with Gasteiger partial charge >= 0.3 is 0 Å². The average molecular weight is 274 g/mol. The van der Waals surface area contributed by atoms with Gasteiger partial charge in [0.1, 0.15) is 0 Å². The second-order valence-corrected chi connectivity index (χ2v) is 6.69. The lowest BCUT2D eigenvalue weighted by atomic mass is 9.98. The van der Waals surface area contributed by atoms with Crippen LogP contribution in [-0.2, 0) is 0 Å². The summed E-state index contributed by atoms with van der Waals surface area (Å²) < 4.78 is 0. The van der Waals surface area contributed by atoms with E-state index < -0.39 is 0 Å². The van der Waals surface area contributed by atoms with Gasteiger partial charge in [0.15, 0.2) is 0 Å². The van der Waals surface area contributed by atoms with Crippen LogP contribution in [0.3, 0.4) is 0 Å². The van der Waals surface area contributed by atoms with Crippen molar-refractivity contribution in [2.24, 2.45) is 5.92 Å². The number of aryl methyl sites for hydroxylation is 2. The van der Waals surface area contributed by atoms with Crippen LogP contribution in [0, 0.1) is 19.8 Å². The van der Waals surface area contributed by atoms with Gasteiger partial charge in [0.25, 0.3) is 0 Å². The van der Waals surface area contributed by atoms with Gasteiger partial charge in [-0.2, -0.15) is 0 Å². The van der Waals surface area contributed by atoms with E-state index >= 15 is 0 Å². The molecule has 0 radical (unpaired) electrons. The highest BCUT2D eigenvalue weighted by atomic mass is 15.2. The molecule has 1 saturated carbocycles. The Morgan fingerprint density at radius 2 is 1.95 bits per heavy atom. The molecule has 0 heterocycles. The van der Waals surface area contributed by atoms with Gasteiger partial charge in [0, 0.05) is 25.2 Å². The lowest BCUT2D eigenvalue weighted by Crippen LogP contribution is -2.39. The summed E-state index contributed by atoms with van der Waals surface area (Å²) in [6.45, 7) is 11.4. The van der Waals surface area contributed by atoms with E-state index in [0.717, 1.165) is 12.5 Å². The minimum atomic E-state index is 0.427. The molecular weight excluding hydrogens is 244 g/mol. The Morgan fingerprint density at radius 3 is 2.50 bits per heavy atom. The van der Waals surface area contributed by atoms with E-state index in [0.29, 0.717) is 12.1 Å². The first-order valence-corrected chi connectivity index (χ1v) is 7.99. The van der Waals surface area contributed by atoms with Gasteiger partial charge in [0.2, 0.25) is 0 Å². The molecule has 20 heavy (non-hydrogen) atoms. The Kier molecular flexibility index (Phi) is 5.22. The maximum absolute atomic E-state index is 3.52. The van der Waals surface area contributed by atoms with Crippen molar-refractivity contribution in [1.29, 1.82) is 0 Å². The number of hydrogen-bond donors (Lipinski definition) is 1. The fraction of sp³-hybridized carbons (Fsp3) is 0.667. The molecule has 1 N–H and O–H groups in total. The predicted molar refractivity (Wildman–Crippen MR) is 87.1 cm³/mol. The number of nitrogens with zero attached hydrogens (tertiary/aromatic N) is 1. The van der Waals surface area contributed by atoms with E-state index in [-0.39, 0.29) is 0 Å². The smallest absolute Gasteiger partial charge is 0.0449 e. The number of hydrogen-bond acceptors (Lipinski definition) is 2. The number of likely N-dealkylation sites (N-methyl/N-ethyl adjacent to an activating group) is 1. The number of benzene rings is 1. The van der Waals surface area contributed by atoms with E-state index in [9.17, 15) is 0 Å². The molecule has 2 rings (SSSR count). The van der Waals surface area contributed by atoms with Crippen molar-refractivity contribution in [2.45, 2.75) is 52.6 Å². The Hall–Kier alpha value is -0.860. The van der Waals surface area contributed by atoms with Crippen LogP contribution < -0.4 is 5.32 Å². The molecular formula is C18H30N2. The molecule has 0 spiro atoms. The quantitative estimate of drug-likeness (QED) is 0.816. The van der Waals surface area contributed by atoms with Crippen LogP contribution in [0.1, 0.15) is 49.4 Å². The Balaban J connectivity index is 2.11. The van der Waals surface area contributed by atoms with Crippen molar-refractivity contribution in [3.63, 3.8) is 0 Å². The van der Waals surface area contributed by atoms with Crippen LogP contribution in [0.5, 0.6) is 0 Å². The summed E-state index contributed by atoms with van der Waals surface area (Å²) in [4.78, 5) is 2.64. The van der Waals surface area contributed by atoms with E-state index in [1.807, 2.05) is 0 Å². The normalized spacial score (nSPS) is 16.9. The molecule has 1 aromatic carbocycles. The zero-order valence-electron chi connectivity index (χ0n) is 13.7. The Labute approximate surface area is 124 Å². The summed E-state index contributed by atoms with van der Waals surface area (Å²) in [5.41, 5.74) is 4.20. The Morgan fingerprint density at radius 1 is 1.25 bits per heavy atom. The predicted octanol–water partition coefficient (Wildman–Crippen LogP) is 3.68. The summed E-state index contributed by atoms with van der Waals surface area (Å²) in [5.74, 6) is 0.952. The first kappa shape index (κ1) is 15.5. The molecule has 2 nitrogen and oxygen atoms in total. The summed E-state index contributed by atoms with van der Waals surface area (Å²) in [7, 11) is 2.09. The summed E-state index contributed by atoms with van der Waals surface area (Å²) in [5, 5.41) is 3.52. The van der Waals surface area contributed by atoms with Crippen molar-refractivity contribution in [2.75, 3.05) is 20.1 Å². The molecule has 1 fully saturated rings. The van der Waals surface area contributed by atoms with Crippen molar-refractivity contribution >= 4 is 0 Å². The highest BCUT2D eigenvalue weighted by Crippen LogP contribution is 2.31. The van der Waals surface area contributed by atoms with Gasteiger partial charge in [-0.25, -0.2) is 0 Å². The summed E-state index contributed by atoms with van der Waals surface area (Å²) >= 11 is 0. The highest BCUT2D eigenvalue weighted by molar-refractivity contribution is 5.33. The average Bonchev–Trinajstić information content (AvgIpc) is 3.21. The monoisotopic (exact) mass is 274 g/mol. The zero-order valence-corrected chi connectivity index (χ0v) is 13.7. The second kappa shape index (κ2) is 6.73. The van der Waals surface area contributed by atoms with E-state index in [2.05, 4.69) is 63.2 Å². The maximum Gasteiger partial charge on any atom is 0.0449 e. The van der Waals surface area contributed by atoms with Crippen LogP contribution in [0.25, 0.3) is 0 Å². The number of rotatable bonds is 7. The molecule has 1 aliphatic carbocycles. The molecule has 0 bridgehead atoms. The fourth-order valence-corrected chi connectivity index (χ4v) is 2.84. The lowest BCUT2D eigenvalue weighted by Gasteiger charge is -2.31. The van der Waals surface area contributed by atoms with Gasteiger partial charge in [-0.1, -0.05) is 23.8 Å². The number of nitrogens with one attached hydrogen (secondary N) is 1. The van der Waals surface area contributed by atoms with Gasteiger partial charge in [-0.15, -0.1) is 0 Å². The minimum Gasteiger partial charge on any atom is -0.312 e. The van der Waals surface area contributed by atoms with Gasteiger partial charge in [-0.05, 0) is 64.6 Å². The highest BCUT2D eigenvalue weighted by Gasteiger charge is 2.27. The SMILES string of the molecule is CNC(CN(CC1CC1)C(C)C)c1cc(C)ccc1C. The van der Waals surface area contributed by atoms with Gasteiger partial charge < -0.3 is 5.32 Å². The van der Waals surface area contributed by atoms with Crippen molar-refractivity contribution in [1.82, 2.24) is 10.2 Å². The molecule has 0 aromatic heterocycles. The van der Waals surface area contributed by atoms with Crippen molar-refractivity contribution in [3.05, 3.63) is 34.9 Å². The molecule has 1 atom stereocenters.